The number of hydrogen-bond acceptors (Lipinski definition) is 4. The van der Waals surface area contributed by atoms with E-state index in [1.807, 2.05) is 54.6 Å². The molecule has 1 N–H and O–H groups in total. The van der Waals surface area contributed by atoms with Gasteiger partial charge in [-0.3, -0.25) is 9.59 Å². The Balaban J connectivity index is 1.22. The molecule has 0 atom stereocenters. The molecule has 0 bridgehead atoms. The second-order valence-electron chi connectivity index (χ2n) is 7.37. The van der Waals surface area contributed by atoms with Crippen LogP contribution in [0, 0.1) is 0 Å². The van der Waals surface area contributed by atoms with Gasteiger partial charge < -0.3 is 19.4 Å². The molecule has 6 heteroatoms. The van der Waals surface area contributed by atoms with Crippen LogP contribution in [0.15, 0.2) is 83.5 Å². The molecule has 0 saturated carbocycles. The second kappa shape index (κ2) is 7.99. The molecule has 31 heavy (non-hydrogen) atoms. The number of anilines is 2. The van der Waals surface area contributed by atoms with Crippen molar-refractivity contribution in [1.82, 2.24) is 0 Å². The summed E-state index contributed by atoms with van der Waals surface area (Å²) in [5.41, 5.74) is 2.53. The molecule has 0 radical (unpaired) electrons. The minimum atomic E-state index is -0.241. The van der Waals surface area contributed by atoms with Crippen LogP contribution in [-0.2, 0) is 11.2 Å². The van der Waals surface area contributed by atoms with Crippen LogP contribution in [0.25, 0.3) is 10.8 Å². The number of rotatable bonds is 5. The van der Waals surface area contributed by atoms with Crippen molar-refractivity contribution >= 4 is 34.0 Å². The summed E-state index contributed by atoms with van der Waals surface area (Å²) in [6, 6.07) is 22.6. The predicted molar refractivity (Wildman–Crippen MR) is 119 cm³/mol. The Labute approximate surface area is 179 Å². The highest BCUT2D eigenvalue weighted by atomic mass is 16.5. The number of amides is 2. The number of carbonyl (C=O) groups excluding carboxylic acids is 2. The first-order valence-electron chi connectivity index (χ1n) is 10.1. The smallest absolute Gasteiger partial charge is 0.293 e. The first-order valence-corrected chi connectivity index (χ1v) is 10.1. The van der Waals surface area contributed by atoms with E-state index in [-0.39, 0.29) is 18.4 Å². The third kappa shape index (κ3) is 3.88. The van der Waals surface area contributed by atoms with E-state index in [9.17, 15) is 9.59 Å². The van der Waals surface area contributed by atoms with Gasteiger partial charge in [0.15, 0.2) is 12.4 Å². The SMILES string of the molecule is O=C(COc1ccc2ccccc2c1)Nc1ccc2c(c1)CCN2C(=O)c1ccco1. The van der Waals surface area contributed by atoms with Crippen LogP contribution in [0.1, 0.15) is 16.1 Å². The van der Waals surface area contributed by atoms with Gasteiger partial charge >= 0.3 is 0 Å². The van der Waals surface area contributed by atoms with Gasteiger partial charge in [-0.1, -0.05) is 30.3 Å². The van der Waals surface area contributed by atoms with Crippen molar-refractivity contribution in [3.8, 4) is 5.75 Å². The van der Waals surface area contributed by atoms with Crippen LogP contribution in [0.4, 0.5) is 11.4 Å². The molecule has 5 rings (SSSR count). The number of hydrogen-bond donors (Lipinski definition) is 1. The molecule has 0 spiro atoms. The summed E-state index contributed by atoms with van der Waals surface area (Å²) < 4.78 is 10.9. The zero-order chi connectivity index (χ0) is 21.2. The van der Waals surface area contributed by atoms with Gasteiger partial charge in [-0.25, -0.2) is 0 Å². The summed E-state index contributed by atoms with van der Waals surface area (Å²) in [4.78, 5) is 26.6. The topological polar surface area (TPSA) is 71.8 Å². The van der Waals surface area contributed by atoms with Crippen LogP contribution in [0.3, 0.4) is 0 Å². The van der Waals surface area contributed by atoms with E-state index in [1.165, 1.54) is 6.26 Å². The second-order valence-corrected chi connectivity index (χ2v) is 7.37. The lowest BCUT2D eigenvalue weighted by atomic mass is 10.1. The predicted octanol–water partition coefficient (Wildman–Crippen LogP) is 4.65. The standard InChI is InChI=1S/C25H20N2O4/c28-24(16-31-21-9-7-17-4-1-2-5-18(17)15-21)26-20-8-10-22-19(14-20)11-12-27(22)25(29)23-6-3-13-30-23/h1-10,13-15H,11-12,16H2,(H,26,28). The highest BCUT2D eigenvalue weighted by Crippen LogP contribution is 2.31. The van der Waals surface area contributed by atoms with Gasteiger partial charge in [0.25, 0.3) is 11.8 Å². The first kappa shape index (κ1) is 18.9. The zero-order valence-electron chi connectivity index (χ0n) is 16.7. The Morgan fingerprint density at radius 2 is 1.84 bits per heavy atom. The molecule has 1 aliphatic rings. The van der Waals surface area contributed by atoms with E-state index >= 15 is 0 Å². The van der Waals surface area contributed by atoms with Gasteiger partial charge in [-0.05, 0) is 65.2 Å². The van der Waals surface area contributed by atoms with E-state index in [4.69, 9.17) is 9.15 Å². The van der Waals surface area contributed by atoms with Crippen molar-refractivity contribution in [1.29, 1.82) is 0 Å². The van der Waals surface area contributed by atoms with Crippen molar-refractivity contribution in [2.24, 2.45) is 0 Å². The summed E-state index contributed by atoms with van der Waals surface area (Å²) in [7, 11) is 0. The van der Waals surface area contributed by atoms with Crippen LogP contribution < -0.4 is 15.0 Å². The fourth-order valence-corrected chi connectivity index (χ4v) is 3.83. The molecule has 0 fully saturated rings. The zero-order valence-corrected chi connectivity index (χ0v) is 16.7. The van der Waals surface area contributed by atoms with Gasteiger partial charge in [0.1, 0.15) is 5.75 Å². The fraction of sp³-hybridized carbons (Fsp3) is 0.120. The summed E-state index contributed by atoms with van der Waals surface area (Å²) in [5.74, 6) is 0.560. The van der Waals surface area contributed by atoms with E-state index in [2.05, 4.69) is 5.32 Å². The maximum Gasteiger partial charge on any atom is 0.293 e. The molecule has 0 aliphatic carbocycles. The molecule has 154 valence electrons. The minimum absolute atomic E-state index is 0.0848. The largest absolute Gasteiger partial charge is 0.484 e. The van der Waals surface area contributed by atoms with Gasteiger partial charge in [0.05, 0.1) is 6.26 Å². The lowest BCUT2D eigenvalue weighted by Crippen LogP contribution is -2.28. The summed E-state index contributed by atoms with van der Waals surface area (Å²) in [6.07, 6.45) is 2.21. The van der Waals surface area contributed by atoms with Crippen molar-refractivity contribution < 1.29 is 18.7 Å². The van der Waals surface area contributed by atoms with E-state index in [0.29, 0.717) is 23.7 Å². The van der Waals surface area contributed by atoms with Gasteiger partial charge in [0.2, 0.25) is 0 Å². The van der Waals surface area contributed by atoms with Crippen LogP contribution in [0.5, 0.6) is 5.75 Å². The lowest BCUT2D eigenvalue weighted by Gasteiger charge is -2.16. The van der Waals surface area contributed by atoms with E-state index < -0.39 is 0 Å². The molecule has 2 amide bonds. The number of carbonyl (C=O) groups is 2. The van der Waals surface area contributed by atoms with Crippen molar-refractivity contribution in [2.75, 3.05) is 23.4 Å². The van der Waals surface area contributed by atoms with Gasteiger partial charge in [-0.15, -0.1) is 0 Å². The number of nitrogens with zero attached hydrogens (tertiary/aromatic N) is 1. The Hall–Kier alpha value is -4.06. The summed E-state index contributed by atoms with van der Waals surface area (Å²) in [5, 5.41) is 5.05. The molecular formula is C25H20N2O4. The number of furan rings is 1. The normalized spacial score (nSPS) is 12.6. The third-order valence-corrected chi connectivity index (χ3v) is 5.33. The molecule has 1 aromatic heterocycles. The molecule has 3 aromatic carbocycles. The highest BCUT2D eigenvalue weighted by Gasteiger charge is 2.27. The average Bonchev–Trinajstić information content (AvgIpc) is 3.47. The van der Waals surface area contributed by atoms with E-state index in [1.54, 1.807) is 23.1 Å². The van der Waals surface area contributed by atoms with Crippen molar-refractivity contribution in [3.05, 3.63) is 90.4 Å². The fourth-order valence-electron chi connectivity index (χ4n) is 3.83. The lowest BCUT2D eigenvalue weighted by molar-refractivity contribution is -0.118. The monoisotopic (exact) mass is 412 g/mol. The highest BCUT2D eigenvalue weighted by molar-refractivity contribution is 6.05. The Kier molecular flexibility index (Phi) is 4.88. The van der Waals surface area contributed by atoms with Crippen LogP contribution >= 0.6 is 0 Å². The van der Waals surface area contributed by atoms with Gasteiger partial charge in [-0.2, -0.15) is 0 Å². The van der Waals surface area contributed by atoms with E-state index in [0.717, 1.165) is 28.4 Å². The molecule has 0 unspecified atom stereocenters. The molecule has 4 aromatic rings. The molecule has 2 heterocycles. The summed E-state index contributed by atoms with van der Waals surface area (Å²) >= 11 is 0. The summed E-state index contributed by atoms with van der Waals surface area (Å²) in [6.45, 7) is 0.496. The number of ether oxygens (including phenoxy) is 1. The van der Waals surface area contributed by atoms with Crippen molar-refractivity contribution in [3.63, 3.8) is 0 Å². The molecule has 1 aliphatic heterocycles. The Morgan fingerprint density at radius 3 is 2.68 bits per heavy atom. The number of fused-ring (bicyclic) bond motifs is 2. The quantitative estimate of drug-likeness (QED) is 0.518. The third-order valence-electron chi connectivity index (χ3n) is 5.33. The molecular weight excluding hydrogens is 392 g/mol. The first-order chi connectivity index (χ1) is 15.2. The molecule has 0 saturated heterocycles. The molecule has 6 nitrogen and oxygen atoms in total. The van der Waals surface area contributed by atoms with Crippen molar-refractivity contribution in [2.45, 2.75) is 6.42 Å². The average molecular weight is 412 g/mol. The minimum Gasteiger partial charge on any atom is -0.484 e. The Bertz CT molecular complexity index is 1260. The van der Waals surface area contributed by atoms with Gasteiger partial charge in [0, 0.05) is 17.9 Å². The van der Waals surface area contributed by atoms with Crippen LogP contribution in [-0.4, -0.2) is 25.0 Å². The number of nitrogens with one attached hydrogen (secondary N) is 1. The maximum atomic E-state index is 12.6. The number of benzene rings is 3. The Morgan fingerprint density at radius 1 is 0.968 bits per heavy atom. The van der Waals surface area contributed by atoms with Crippen LogP contribution in [0.2, 0.25) is 0 Å². The maximum absolute atomic E-state index is 12.6.